The van der Waals surface area contributed by atoms with Crippen LogP contribution in [0.3, 0.4) is 0 Å². The van der Waals surface area contributed by atoms with E-state index in [0.717, 1.165) is 0 Å². The number of hydrogen-bond acceptors (Lipinski definition) is 5. The van der Waals surface area contributed by atoms with Crippen molar-refractivity contribution in [3.05, 3.63) is 65.7 Å². The summed E-state index contributed by atoms with van der Waals surface area (Å²) in [6, 6.07) is 11.8. The standard InChI is InChI=1S/C17H13NO6/c19-13-7-2-1-6-12(13)16(22)18-11-5-3-4-10(8-11)14(20)9-15(21)17(23)24/h1-9,19-20H,(H,18,22)(H,23,24)/b14-9-. The Morgan fingerprint density at radius 2 is 1.67 bits per heavy atom. The molecule has 0 atom stereocenters. The molecule has 0 aliphatic heterocycles. The van der Waals surface area contributed by atoms with Crippen LogP contribution in [0, 0.1) is 0 Å². The molecule has 0 heterocycles. The van der Waals surface area contributed by atoms with Crippen molar-refractivity contribution in [1.82, 2.24) is 0 Å². The molecular weight excluding hydrogens is 314 g/mol. The lowest BCUT2D eigenvalue weighted by molar-refractivity contribution is -0.146. The Morgan fingerprint density at radius 1 is 0.958 bits per heavy atom. The van der Waals surface area contributed by atoms with Gasteiger partial charge in [0.05, 0.1) is 5.56 Å². The van der Waals surface area contributed by atoms with E-state index in [2.05, 4.69) is 5.32 Å². The Labute approximate surface area is 136 Å². The van der Waals surface area contributed by atoms with Gasteiger partial charge in [-0.25, -0.2) is 4.79 Å². The lowest BCUT2D eigenvalue weighted by Crippen LogP contribution is -2.12. The molecule has 0 spiro atoms. The molecule has 0 fully saturated rings. The van der Waals surface area contributed by atoms with Gasteiger partial charge in [0.25, 0.3) is 11.7 Å². The van der Waals surface area contributed by atoms with Crippen LogP contribution in [-0.2, 0) is 9.59 Å². The number of aliphatic hydroxyl groups is 1. The molecule has 0 aromatic heterocycles. The molecule has 7 heteroatoms. The minimum Gasteiger partial charge on any atom is -0.507 e. The second-order valence-corrected chi connectivity index (χ2v) is 4.75. The van der Waals surface area contributed by atoms with Crippen LogP contribution >= 0.6 is 0 Å². The highest BCUT2D eigenvalue weighted by atomic mass is 16.4. The van der Waals surface area contributed by atoms with Crippen molar-refractivity contribution < 1.29 is 29.7 Å². The smallest absolute Gasteiger partial charge is 0.376 e. The van der Waals surface area contributed by atoms with Crippen molar-refractivity contribution >= 4 is 29.1 Å². The molecule has 24 heavy (non-hydrogen) atoms. The van der Waals surface area contributed by atoms with E-state index in [0.29, 0.717) is 11.8 Å². The molecule has 0 radical (unpaired) electrons. The maximum absolute atomic E-state index is 12.1. The van der Waals surface area contributed by atoms with Gasteiger partial charge >= 0.3 is 5.97 Å². The Balaban J connectivity index is 2.22. The summed E-state index contributed by atoms with van der Waals surface area (Å²) in [7, 11) is 0. The van der Waals surface area contributed by atoms with E-state index in [9.17, 15) is 24.6 Å². The number of para-hydroxylation sites is 1. The van der Waals surface area contributed by atoms with Crippen LogP contribution < -0.4 is 5.32 Å². The van der Waals surface area contributed by atoms with Gasteiger partial charge in [0, 0.05) is 17.3 Å². The number of aromatic hydroxyl groups is 1. The van der Waals surface area contributed by atoms with Gasteiger partial charge in [-0.3, -0.25) is 9.59 Å². The Morgan fingerprint density at radius 3 is 2.33 bits per heavy atom. The normalized spacial score (nSPS) is 10.9. The van der Waals surface area contributed by atoms with Crippen LogP contribution in [0.15, 0.2) is 54.6 Å². The third-order valence-electron chi connectivity index (χ3n) is 3.04. The zero-order valence-electron chi connectivity index (χ0n) is 12.3. The van der Waals surface area contributed by atoms with E-state index in [1.807, 2.05) is 0 Å². The number of amides is 1. The van der Waals surface area contributed by atoms with E-state index in [-0.39, 0.29) is 16.9 Å². The third-order valence-corrected chi connectivity index (χ3v) is 3.04. The van der Waals surface area contributed by atoms with Crippen molar-refractivity contribution in [3.63, 3.8) is 0 Å². The van der Waals surface area contributed by atoms with E-state index < -0.39 is 23.4 Å². The summed E-state index contributed by atoms with van der Waals surface area (Å²) in [5.74, 6) is -4.24. The summed E-state index contributed by atoms with van der Waals surface area (Å²) < 4.78 is 0. The summed E-state index contributed by atoms with van der Waals surface area (Å²) in [4.78, 5) is 33.7. The number of anilines is 1. The molecule has 0 aliphatic carbocycles. The Hall–Kier alpha value is -3.61. The van der Waals surface area contributed by atoms with E-state index in [1.165, 1.54) is 36.4 Å². The number of benzene rings is 2. The first-order valence-corrected chi connectivity index (χ1v) is 6.76. The van der Waals surface area contributed by atoms with Crippen molar-refractivity contribution in [2.24, 2.45) is 0 Å². The molecule has 0 bridgehead atoms. The van der Waals surface area contributed by atoms with Gasteiger partial charge in [-0.2, -0.15) is 0 Å². The Bertz CT molecular complexity index is 840. The largest absolute Gasteiger partial charge is 0.507 e. The molecule has 122 valence electrons. The summed E-state index contributed by atoms with van der Waals surface area (Å²) in [5.41, 5.74) is 0.520. The SMILES string of the molecule is O=C(O)C(=O)/C=C(\O)c1cccc(NC(=O)c2ccccc2O)c1. The molecule has 1 amide bonds. The van der Waals surface area contributed by atoms with Crippen LogP contribution in [0.5, 0.6) is 5.75 Å². The van der Waals surface area contributed by atoms with Crippen LogP contribution in [0.1, 0.15) is 15.9 Å². The van der Waals surface area contributed by atoms with Gasteiger partial charge in [-0.1, -0.05) is 24.3 Å². The summed E-state index contributed by atoms with van der Waals surface area (Å²) in [5, 5.41) is 30.5. The third kappa shape index (κ3) is 3.98. The maximum atomic E-state index is 12.1. The molecule has 2 rings (SSSR count). The number of carbonyl (C=O) groups is 3. The molecule has 2 aromatic rings. The molecule has 0 saturated heterocycles. The van der Waals surface area contributed by atoms with E-state index in [4.69, 9.17) is 5.11 Å². The number of phenols is 1. The van der Waals surface area contributed by atoms with Gasteiger partial charge in [-0.15, -0.1) is 0 Å². The van der Waals surface area contributed by atoms with E-state index in [1.54, 1.807) is 12.1 Å². The molecule has 4 N–H and O–H groups in total. The first-order chi connectivity index (χ1) is 11.4. The molecule has 2 aromatic carbocycles. The second-order valence-electron chi connectivity index (χ2n) is 4.75. The minimum atomic E-state index is -1.69. The Kier molecular flexibility index (Phi) is 4.96. The van der Waals surface area contributed by atoms with Gasteiger partial charge in [0.15, 0.2) is 0 Å². The fourth-order valence-electron chi connectivity index (χ4n) is 1.89. The fraction of sp³-hybridized carbons (Fsp3) is 0. The van der Waals surface area contributed by atoms with Crippen molar-refractivity contribution in [3.8, 4) is 5.75 Å². The molecular formula is C17H13NO6. The minimum absolute atomic E-state index is 0.0729. The number of phenolic OH excluding ortho intramolecular Hbond substituents is 1. The van der Waals surface area contributed by atoms with Gasteiger partial charge in [0.1, 0.15) is 11.5 Å². The van der Waals surface area contributed by atoms with Gasteiger partial charge < -0.3 is 20.6 Å². The lowest BCUT2D eigenvalue weighted by atomic mass is 10.1. The van der Waals surface area contributed by atoms with Gasteiger partial charge in [0.2, 0.25) is 0 Å². The number of ketones is 1. The summed E-state index contributed by atoms with van der Waals surface area (Å²) >= 11 is 0. The maximum Gasteiger partial charge on any atom is 0.376 e. The quantitative estimate of drug-likeness (QED) is 0.379. The zero-order chi connectivity index (χ0) is 17.7. The number of carbonyl (C=O) groups excluding carboxylic acids is 2. The van der Waals surface area contributed by atoms with Crippen LogP contribution in [-0.4, -0.2) is 33.0 Å². The average molecular weight is 327 g/mol. The van der Waals surface area contributed by atoms with Crippen LogP contribution in [0.2, 0.25) is 0 Å². The number of rotatable bonds is 5. The topological polar surface area (TPSA) is 124 Å². The van der Waals surface area contributed by atoms with Crippen LogP contribution in [0.25, 0.3) is 5.76 Å². The number of aliphatic hydroxyl groups excluding tert-OH is 1. The molecule has 7 nitrogen and oxygen atoms in total. The van der Waals surface area contributed by atoms with Crippen LogP contribution in [0.4, 0.5) is 5.69 Å². The molecule has 0 unspecified atom stereocenters. The fourth-order valence-corrected chi connectivity index (χ4v) is 1.89. The predicted molar refractivity (Wildman–Crippen MR) is 85.8 cm³/mol. The number of carboxylic acid groups (broad SMARTS) is 1. The molecule has 0 aliphatic rings. The predicted octanol–water partition coefficient (Wildman–Crippen LogP) is 2.20. The van der Waals surface area contributed by atoms with Crippen molar-refractivity contribution in [1.29, 1.82) is 0 Å². The first kappa shape index (κ1) is 16.8. The highest BCUT2D eigenvalue weighted by Gasteiger charge is 2.13. The second kappa shape index (κ2) is 7.10. The average Bonchev–Trinajstić information content (AvgIpc) is 2.55. The lowest BCUT2D eigenvalue weighted by Gasteiger charge is -2.08. The number of aliphatic carboxylic acids is 1. The molecule has 0 saturated carbocycles. The summed E-state index contributed by atoms with van der Waals surface area (Å²) in [6.07, 6.45) is 0.576. The number of nitrogens with one attached hydrogen (secondary N) is 1. The van der Waals surface area contributed by atoms with E-state index >= 15 is 0 Å². The van der Waals surface area contributed by atoms with Gasteiger partial charge in [-0.05, 0) is 24.3 Å². The zero-order valence-corrected chi connectivity index (χ0v) is 12.3. The number of carboxylic acids is 1. The van der Waals surface area contributed by atoms with Crippen molar-refractivity contribution in [2.45, 2.75) is 0 Å². The first-order valence-electron chi connectivity index (χ1n) is 6.76. The van der Waals surface area contributed by atoms with Crippen molar-refractivity contribution in [2.75, 3.05) is 5.32 Å². The summed E-state index contributed by atoms with van der Waals surface area (Å²) in [6.45, 7) is 0. The highest BCUT2D eigenvalue weighted by molar-refractivity contribution is 6.38. The highest BCUT2D eigenvalue weighted by Crippen LogP contribution is 2.20. The monoisotopic (exact) mass is 327 g/mol. The number of hydrogen-bond donors (Lipinski definition) is 4.